The third-order valence-electron chi connectivity index (χ3n) is 5.03. The smallest absolute Gasteiger partial charge is 0.305 e. The quantitative estimate of drug-likeness (QED) is 0.451. The molecule has 1 atom stereocenters. The molecule has 1 fully saturated rings. The van der Waals surface area contributed by atoms with Crippen LogP contribution in [0.5, 0.6) is 0 Å². The maximum Gasteiger partial charge on any atom is 0.305 e. The van der Waals surface area contributed by atoms with Crippen LogP contribution in [0.2, 0.25) is 0 Å². The maximum atomic E-state index is 11.2. The van der Waals surface area contributed by atoms with Crippen molar-refractivity contribution < 1.29 is 9.53 Å². The molecule has 3 rings (SSSR count). The number of esters is 1. The number of amidine groups is 1. The van der Waals surface area contributed by atoms with Crippen LogP contribution in [0.25, 0.3) is 0 Å². The summed E-state index contributed by atoms with van der Waals surface area (Å²) in [5.41, 5.74) is 9.95. The second kappa shape index (κ2) is 9.42. The van der Waals surface area contributed by atoms with Crippen molar-refractivity contribution in [2.24, 2.45) is 5.73 Å². The highest BCUT2D eigenvalue weighted by Crippen LogP contribution is 2.31. The molecule has 0 radical (unpaired) electrons. The number of hydrogen-bond donors (Lipinski definition) is 2. The molecule has 1 aliphatic rings. The number of nitrogen functional groups attached to an aromatic ring is 1. The van der Waals surface area contributed by atoms with Gasteiger partial charge in [0.2, 0.25) is 0 Å². The first-order chi connectivity index (χ1) is 12.6. The number of halogens is 1. The Morgan fingerprint density at radius 3 is 2.44 bits per heavy atom. The van der Waals surface area contributed by atoms with Crippen molar-refractivity contribution in [2.75, 3.05) is 25.1 Å². The van der Waals surface area contributed by atoms with Crippen LogP contribution >= 0.6 is 12.4 Å². The monoisotopic (exact) mass is 387 g/mol. The molecule has 0 saturated carbocycles. The molecular weight excluding hydrogens is 362 g/mol. The standard InChI is InChI=1S/C21H25N3O2.ClH/c1-26-20(25)11-4-15-2-5-16(6-3-15)18-12-13-24(14-18)19-9-7-17(8-10-19)21(22)23;/h2-3,5-10,18H,4,11-14H2,1H3,(H3,22,23);1H. The van der Waals surface area contributed by atoms with E-state index >= 15 is 0 Å². The van der Waals surface area contributed by atoms with E-state index in [4.69, 9.17) is 11.1 Å². The van der Waals surface area contributed by atoms with E-state index in [1.54, 1.807) is 0 Å². The largest absolute Gasteiger partial charge is 0.469 e. The molecule has 2 aromatic carbocycles. The summed E-state index contributed by atoms with van der Waals surface area (Å²) in [6.07, 6.45) is 2.26. The number of nitrogens with two attached hydrogens (primary N) is 1. The van der Waals surface area contributed by atoms with E-state index < -0.39 is 0 Å². The number of anilines is 1. The lowest BCUT2D eigenvalue weighted by Gasteiger charge is -2.19. The van der Waals surface area contributed by atoms with Crippen molar-refractivity contribution in [1.29, 1.82) is 5.41 Å². The zero-order chi connectivity index (χ0) is 18.5. The first-order valence-electron chi connectivity index (χ1n) is 8.92. The molecule has 1 heterocycles. The Kier molecular flexibility index (Phi) is 7.25. The highest BCUT2D eigenvalue weighted by molar-refractivity contribution is 5.95. The van der Waals surface area contributed by atoms with Crippen molar-refractivity contribution >= 4 is 29.9 Å². The van der Waals surface area contributed by atoms with Crippen LogP contribution in [-0.2, 0) is 16.0 Å². The van der Waals surface area contributed by atoms with Crippen molar-refractivity contribution in [2.45, 2.75) is 25.2 Å². The Morgan fingerprint density at radius 1 is 1.19 bits per heavy atom. The molecule has 0 aromatic heterocycles. The Bertz CT molecular complexity index is 775. The second-order valence-corrected chi connectivity index (χ2v) is 6.71. The predicted octanol–water partition coefficient (Wildman–Crippen LogP) is 3.49. The van der Waals surface area contributed by atoms with Gasteiger partial charge in [0.1, 0.15) is 5.84 Å². The van der Waals surface area contributed by atoms with Crippen molar-refractivity contribution in [3.05, 3.63) is 65.2 Å². The number of aryl methyl sites for hydroxylation is 1. The zero-order valence-corrected chi connectivity index (χ0v) is 16.3. The van der Waals surface area contributed by atoms with Crippen LogP contribution in [0.15, 0.2) is 48.5 Å². The summed E-state index contributed by atoms with van der Waals surface area (Å²) in [6, 6.07) is 16.5. The molecule has 1 saturated heterocycles. The number of rotatable bonds is 6. The van der Waals surface area contributed by atoms with E-state index in [2.05, 4.69) is 33.9 Å². The Hall–Kier alpha value is -2.53. The minimum Gasteiger partial charge on any atom is -0.469 e. The van der Waals surface area contributed by atoms with Gasteiger partial charge in [0.25, 0.3) is 0 Å². The molecule has 0 aliphatic carbocycles. The summed E-state index contributed by atoms with van der Waals surface area (Å²) < 4.78 is 4.69. The minimum absolute atomic E-state index is 0. The second-order valence-electron chi connectivity index (χ2n) is 6.71. The molecule has 144 valence electrons. The van der Waals surface area contributed by atoms with Crippen molar-refractivity contribution in [3.8, 4) is 0 Å². The zero-order valence-electron chi connectivity index (χ0n) is 15.5. The number of nitrogens with zero attached hydrogens (tertiary/aromatic N) is 1. The molecule has 27 heavy (non-hydrogen) atoms. The van der Waals surface area contributed by atoms with Gasteiger partial charge in [-0.1, -0.05) is 24.3 Å². The molecule has 1 unspecified atom stereocenters. The summed E-state index contributed by atoms with van der Waals surface area (Å²) in [5, 5.41) is 7.48. The lowest BCUT2D eigenvalue weighted by Crippen LogP contribution is -2.19. The summed E-state index contributed by atoms with van der Waals surface area (Å²) in [5.74, 6) is 0.441. The summed E-state index contributed by atoms with van der Waals surface area (Å²) >= 11 is 0. The first kappa shape index (κ1) is 20.8. The van der Waals surface area contributed by atoms with Crippen molar-refractivity contribution in [3.63, 3.8) is 0 Å². The number of hydrogen-bond acceptors (Lipinski definition) is 4. The van der Waals surface area contributed by atoms with E-state index in [0.717, 1.165) is 30.6 Å². The highest BCUT2D eigenvalue weighted by atomic mass is 35.5. The number of nitrogens with one attached hydrogen (secondary N) is 1. The van der Waals surface area contributed by atoms with Crippen LogP contribution in [0.4, 0.5) is 5.69 Å². The molecule has 0 spiro atoms. The Labute approximate surface area is 166 Å². The summed E-state index contributed by atoms with van der Waals surface area (Å²) in [7, 11) is 1.42. The molecule has 6 heteroatoms. The number of methoxy groups -OCH3 is 1. The van der Waals surface area contributed by atoms with Gasteiger partial charge in [-0.15, -0.1) is 12.4 Å². The average Bonchev–Trinajstić information content (AvgIpc) is 3.16. The molecule has 3 N–H and O–H groups in total. The van der Waals surface area contributed by atoms with Crippen molar-refractivity contribution in [1.82, 2.24) is 0 Å². The molecular formula is C21H26ClN3O2. The van der Waals surface area contributed by atoms with Gasteiger partial charge in [-0.3, -0.25) is 10.2 Å². The number of benzene rings is 2. The van der Waals surface area contributed by atoms with Crippen LogP contribution in [-0.4, -0.2) is 32.0 Å². The fourth-order valence-corrected chi connectivity index (χ4v) is 3.42. The highest BCUT2D eigenvalue weighted by Gasteiger charge is 2.24. The molecule has 5 nitrogen and oxygen atoms in total. The molecule has 2 aromatic rings. The fraction of sp³-hybridized carbons (Fsp3) is 0.333. The van der Waals surface area contributed by atoms with Crippen LogP contribution in [0.3, 0.4) is 0 Å². The number of ether oxygens (including phenoxy) is 1. The normalized spacial score (nSPS) is 15.9. The third-order valence-corrected chi connectivity index (χ3v) is 5.03. The Balaban J connectivity index is 0.00000261. The predicted molar refractivity (Wildman–Crippen MR) is 111 cm³/mol. The summed E-state index contributed by atoms with van der Waals surface area (Å²) in [4.78, 5) is 13.6. The van der Waals surface area contributed by atoms with E-state index in [0.29, 0.717) is 18.8 Å². The molecule has 1 aliphatic heterocycles. The van der Waals surface area contributed by atoms with Gasteiger partial charge in [-0.25, -0.2) is 0 Å². The van der Waals surface area contributed by atoms with Gasteiger partial charge in [-0.2, -0.15) is 0 Å². The maximum absolute atomic E-state index is 11.2. The van der Waals surface area contributed by atoms with Crippen LogP contribution < -0.4 is 10.6 Å². The van der Waals surface area contributed by atoms with Gasteiger partial charge in [0.15, 0.2) is 0 Å². The fourth-order valence-electron chi connectivity index (χ4n) is 3.42. The van der Waals surface area contributed by atoms with E-state index in [9.17, 15) is 4.79 Å². The molecule has 0 amide bonds. The van der Waals surface area contributed by atoms with Gasteiger partial charge in [-0.05, 0) is 48.2 Å². The Morgan fingerprint density at radius 2 is 1.85 bits per heavy atom. The lowest BCUT2D eigenvalue weighted by atomic mass is 9.96. The van der Waals surface area contributed by atoms with E-state index in [1.165, 1.54) is 18.4 Å². The average molecular weight is 388 g/mol. The van der Waals surface area contributed by atoms with E-state index in [1.807, 2.05) is 24.3 Å². The van der Waals surface area contributed by atoms with Gasteiger partial charge in [0.05, 0.1) is 7.11 Å². The van der Waals surface area contributed by atoms with Gasteiger partial charge < -0.3 is 15.4 Å². The summed E-state index contributed by atoms with van der Waals surface area (Å²) in [6.45, 7) is 2.01. The van der Waals surface area contributed by atoms with Gasteiger partial charge in [0, 0.05) is 36.7 Å². The van der Waals surface area contributed by atoms with Gasteiger partial charge >= 0.3 is 5.97 Å². The van der Waals surface area contributed by atoms with Crippen LogP contribution in [0, 0.1) is 5.41 Å². The van der Waals surface area contributed by atoms with E-state index in [-0.39, 0.29) is 24.2 Å². The third kappa shape index (κ3) is 5.23. The number of carbonyl (C=O) groups excluding carboxylic acids is 1. The minimum atomic E-state index is -0.170. The molecule has 0 bridgehead atoms. The van der Waals surface area contributed by atoms with Crippen LogP contribution in [0.1, 0.15) is 35.4 Å². The lowest BCUT2D eigenvalue weighted by molar-refractivity contribution is -0.140. The first-order valence-corrected chi connectivity index (χ1v) is 8.92. The SMILES string of the molecule is COC(=O)CCc1ccc(C2CCN(c3ccc(C(=N)N)cc3)C2)cc1.Cl. The topological polar surface area (TPSA) is 79.4 Å². The number of carbonyl (C=O) groups is 1.